The fraction of sp³-hybridized carbons (Fsp3) is 0.296. The van der Waals surface area contributed by atoms with Crippen molar-refractivity contribution in [3.8, 4) is 17.7 Å². The molecule has 9 heteroatoms. The summed E-state index contributed by atoms with van der Waals surface area (Å²) in [6, 6.07) is 15.9. The highest BCUT2D eigenvalue weighted by Crippen LogP contribution is 2.32. The van der Waals surface area contributed by atoms with Crippen LogP contribution < -0.4 is 15.1 Å². The van der Waals surface area contributed by atoms with Crippen LogP contribution in [0.2, 0.25) is 0 Å². The molecule has 6 rings (SSSR count). The van der Waals surface area contributed by atoms with E-state index in [-0.39, 0.29) is 23.4 Å². The minimum absolute atomic E-state index is 0.0256. The largest absolute Gasteiger partial charge is 0.459 e. The van der Waals surface area contributed by atoms with Crippen molar-refractivity contribution in [1.29, 1.82) is 5.26 Å². The Bertz CT molecular complexity index is 1390. The molecule has 2 aliphatic heterocycles. The molecule has 0 unspecified atom stereocenters. The van der Waals surface area contributed by atoms with Gasteiger partial charge >= 0.3 is 0 Å². The van der Waals surface area contributed by atoms with E-state index in [0.717, 1.165) is 25.2 Å². The molecule has 1 aromatic carbocycles. The molecule has 0 saturated carbocycles. The second-order valence-electron chi connectivity index (χ2n) is 9.10. The maximum atomic E-state index is 12.9. The predicted octanol–water partition coefficient (Wildman–Crippen LogP) is 5.29. The highest BCUT2D eigenvalue weighted by atomic mass is 32.1. The number of anilines is 3. The van der Waals surface area contributed by atoms with Crippen molar-refractivity contribution in [1.82, 2.24) is 4.98 Å². The van der Waals surface area contributed by atoms with E-state index in [2.05, 4.69) is 44.8 Å². The van der Waals surface area contributed by atoms with Gasteiger partial charge in [0, 0.05) is 48.3 Å². The van der Waals surface area contributed by atoms with Gasteiger partial charge < -0.3 is 24.0 Å². The Labute approximate surface area is 212 Å². The number of carbonyl (C=O) groups excluding carboxylic acids is 1. The minimum atomic E-state index is -0.0990. The summed E-state index contributed by atoms with van der Waals surface area (Å²) in [5.41, 5.74) is 3.63. The Kier molecular flexibility index (Phi) is 5.95. The van der Waals surface area contributed by atoms with E-state index in [1.165, 1.54) is 22.4 Å². The monoisotopic (exact) mass is 499 g/mol. The first-order valence-corrected chi connectivity index (χ1v) is 13.0. The van der Waals surface area contributed by atoms with Crippen LogP contribution in [0.25, 0.3) is 11.7 Å². The normalized spacial score (nSPS) is 16.0. The van der Waals surface area contributed by atoms with Gasteiger partial charge in [0.05, 0.1) is 6.26 Å². The molecule has 1 fully saturated rings. The molecule has 0 atom stereocenters. The van der Waals surface area contributed by atoms with Crippen LogP contribution in [0.5, 0.6) is 0 Å². The highest BCUT2D eigenvalue weighted by Gasteiger charge is 2.29. The van der Waals surface area contributed by atoms with E-state index in [1.807, 2.05) is 28.4 Å². The fourth-order valence-electron chi connectivity index (χ4n) is 4.92. The molecule has 8 nitrogen and oxygen atoms in total. The van der Waals surface area contributed by atoms with Gasteiger partial charge in [0.1, 0.15) is 6.07 Å². The predicted molar refractivity (Wildman–Crippen MR) is 138 cm³/mol. The zero-order chi connectivity index (χ0) is 24.5. The lowest BCUT2D eigenvalue weighted by Gasteiger charge is -2.31. The molecular weight excluding hydrogens is 474 g/mol. The third kappa shape index (κ3) is 4.36. The van der Waals surface area contributed by atoms with Gasteiger partial charge in [-0.15, -0.1) is 11.3 Å². The van der Waals surface area contributed by atoms with E-state index in [1.54, 1.807) is 12.1 Å². The average Bonchev–Trinajstić information content (AvgIpc) is 3.69. The zero-order valence-electron chi connectivity index (χ0n) is 19.6. The van der Waals surface area contributed by atoms with Gasteiger partial charge in [0.25, 0.3) is 5.89 Å². The van der Waals surface area contributed by atoms with Crippen molar-refractivity contribution in [2.45, 2.75) is 25.8 Å². The summed E-state index contributed by atoms with van der Waals surface area (Å²) in [5, 5.41) is 14.8. The summed E-state index contributed by atoms with van der Waals surface area (Å²) in [4.78, 5) is 23.1. The second-order valence-corrected chi connectivity index (χ2v) is 10.1. The van der Waals surface area contributed by atoms with Crippen molar-refractivity contribution >= 4 is 34.5 Å². The molecule has 0 spiro atoms. The van der Waals surface area contributed by atoms with Crippen LogP contribution in [0, 0.1) is 17.2 Å². The number of amides is 1. The minimum Gasteiger partial charge on any atom is -0.459 e. The number of piperidine rings is 1. The Morgan fingerprint density at radius 1 is 1.11 bits per heavy atom. The van der Waals surface area contributed by atoms with Gasteiger partial charge in [0.2, 0.25) is 17.5 Å². The number of benzene rings is 1. The van der Waals surface area contributed by atoms with Crippen LogP contribution >= 0.6 is 11.3 Å². The van der Waals surface area contributed by atoms with Gasteiger partial charge in [-0.2, -0.15) is 10.2 Å². The van der Waals surface area contributed by atoms with Crippen LogP contribution in [0.15, 0.2) is 62.9 Å². The number of rotatable bonds is 5. The molecular formula is C27H25N5O3S. The summed E-state index contributed by atoms with van der Waals surface area (Å²) in [7, 11) is 0. The van der Waals surface area contributed by atoms with Gasteiger partial charge in [-0.25, -0.2) is 0 Å². The number of thiophene rings is 1. The number of fused-ring (bicyclic) bond motifs is 1. The number of oxazole rings is 1. The lowest BCUT2D eigenvalue weighted by molar-refractivity contribution is -0.120. The van der Waals surface area contributed by atoms with Crippen LogP contribution in [0.4, 0.5) is 17.3 Å². The molecule has 36 heavy (non-hydrogen) atoms. The Morgan fingerprint density at radius 2 is 1.94 bits per heavy atom. The molecule has 182 valence electrons. The molecule has 0 bridgehead atoms. The quantitative estimate of drug-likeness (QED) is 0.399. The summed E-state index contributed by atoms with van der Waals surface area (Å²) in [6.45, 7) is 3.17. The van der Waals surface area contributed by atoms with Crippen LogP contribution in [0.3, 0.4) is 0 Å². The van der Waals surface area contributed by atoms with Crippen LogP contribution in [0.1, 0.15) is 29.0 Å². The highest BCUT2D eigenvalue weighted by molar-refractivity contribution is 7.10. The lowest BCUT2D eigenvalue weighted by Crippen LogP contribution is -2.38. The van der Waals surface area contributed by atoms with Crippen molar-refractivity contribution < 1.29 is 13.6 Å². The number of furan rings is 1. The van der Waals surface area contributed by atoms with E-state index in [4.69, 9.17) is 8.83 Å². The zero-order valence-corrected chi connectivity index (χ0v) is 20.5. The molecule has 4 aromatic rings. The molecule has 1 saturated heterocycles. The maximum absolute atomic E-state index is 12.9. The molecule has 2 aliphatic rings. The summed E-state index contributed by atoms with van der Waals surface area (Å²) in [6.07, 6.45) is 3.96. The SMILES string of the molecule is N#Cc1nc(-c2ccco2)oc1N1CCC(C(=O)Nc2ccc(N3CCc4sccc4C3)cc2)CC1. The van der Waals surface area contributed by atoms with Crippen molar-refractivity contribution in [2.24, 2.45) is 5.92 Å². The number of hydrogen-bond acceptors (Lipinski definition) is 8. The van der Waals surface area contributed by atoms with Gasteiger partial charge in [-0.1, -0.05) is 0 Å². The first kappa shape index (κ1) is 22.4. The summed E-state index contributed by atoms with van der Waals surface area (Å²) in [5.74, 6) is 1.13. The molecule has 1 amide bonds. The fourth-order valence-corrected chi connectivity index (χ4v) is 5.81. The Balaban J connectivity index is 1.05. The maximum Gasteiger partial charge on any atom is 0.266 e. The average molecular weight is 500 g/mol. The molecule has 0 aliphatic carbocycles. The molecule has 0 radical (unpaired) electrons. The van der Waals surface area contributed by atoms with E-state index in [0.29, 0.717) is 37.6 Å². The second kappa shape index (κ2) is 9.55. The van der Waals surface area contributed by atoms with Gasteiger partial charge in [-0.3, -0.25) is 4.79 Å². The van der Waals surface area contributed by atoms with E-state index < -0.39 is 0 Å². The van der Waals surface area contributed by atoms with Gasteiger partial charge in [0.15, 0.2) is 5.76 Å². The van der Waals surface area contributed by atoms with Crippen LogP contribution in [-0.2, 0) is 17.8 Å². The lowest BCUT2D eigenvalue weighted by atomic mass is 9.96. The third-order valence-electron chi connectivity index (χ3n) is 6.91. The number of aromatic nitrogens is 1. The van der Waals surface area contributed by atoms with Crippen molar-refractivity contribution in [3.63, 3.8) is 0 Å². The van der Waals surface area contributed by atoms with Crippen molar-refractivity contribution in [3.05, 3.63) is 70.2 Å². The number of nitriles is 1. The summed E-state index contributed by atoms with van der Waals surface area (Å²) < 4.78 is 11.2. The summed E-state index contributed by atoms with van der Waals surface area (Å²) >= 11 is 1.84. The third-order valence-corrected chi connectivity index (χ3v) is 7.93. The number of nitrogens with zero attached hydrogens (tertiary/aromatic N) is 4. The number of carbonyl (C=O) groups is 1. The first-order chi connectivity index (χ1) is 17.7. The van der Waals surface area contributed by atoms with Crippen LogP contribution in [-0.4, -0.2) is 30.5 Å². The Hall–Kier alpha value is -4.03. The number of hydrogen-bond donors (Lipinski definition) is 1. The molecule has 5 heterocycles. The molecule has 3 aromatic heterocycles. The number of nitrogens with one attached hydrogen (secondary N) is 1. The van der Waals surface area contributed by atoms with Crippen molar-refractivity contribution in [2.75, 3.05) is 34.8 Å². The smallest absolute Gasteiger partial charge is 0.266 e. The first-order valence-electron chi connectivity index (χ1n) is 12.1. The topological polar surface area (TPSA) is 98.5 Å². The van der Waals surface area contributed by atoms with Gasteiger partial charge in [-0.05, 0) is 72.7 Å². The van der Waals surface area contributed by atoms with E-state index in [9.17, 15) is 10.1 Å². The Morgan fingerprint density at radius 3 is 2.69 bits per heavy atom. The molecule has 1 N–H and O–H groups in total. The standard InChI is InChI=1S/C27H25N5O3S/c28-16-22-27(35-26(30-22)23-2-1-14-34-23)31-11-7-18(8-12-31)25(33)29-20-3-5-21(6-4-20)32-13-9-24-19(17-32)10-15-36-24/h1-6,10,14-15,18H,7-9,11-13,17H2,(H,29,33). The van der Waals surface area contributed by atoms with E-state index >= 15 is 0 Å².